The number of aromatic nitrogens is 1. The molecule has 0 aliphatic rings. The van der Waals surface area contributed by atoms with Gasteiger partial charge in [0, 0.05) is 27.7 Å². The second-order valence-electron chi connectivity index (χ2n) is 3.42. The molecule has 1 heterocycles. The molecule has 0 saturated heterocycles. The molecule has 16 heavy (non-hydrogen) atoms. The second kappa shape index (κ2) is 3.84. The number of benzene rings is 2. The highest BCUT2D eigenvalue weighted by molar-refractivity contribution is 6.18. The Labute approximate surface area is 109 Å². The quantitative estimate of drug-likeness (QED) is 0.645. The van der Waals surface area contributed by atoms with Gasteiger partial charge in [-0.05, 0) is 18.0 Å². The molecule has 2 heteroatoms. The van der Waals surface area contributed by atoms with Crippen LogP contribution < -0.4 is 0 Å². The Morgan fingerprint density at radius 3 is 2.75 bits per heavy atom. The zero-order chi connectivity index (χ0) is 17.0. The summed E-state index contributed by atoms with van der Waals surface area (Å²) < 4.78 is 55.8. The van der Waals surface area contributed by atoms with Crippen LogP contribution >= 0.6 is 11.6 Å². The van der Waals surface area contributed by atoms with E-state index in [2.05, 4.69) is 4.98 Å². The summed E-state index contributed by atoms with van der Waals surface area (Å²) in [5, 5.41) is 0.424. The van der Waals surface area contributed by atoms with Crippen molar-refractivity contribution in [2.45, 2.75) is 6.42 Å². The van der Waals surface area contributed by atoms with Crippen LogP contribution in [0.3, 0.4) is 0 Å². The third-order valence-corrected chi connectivity index (χ3v) is 2.67. The van der Waals surface area contributed by atoms with Crippen LogP contribution in [0, 0.1) is 0 Å². The summed E-state index contributed by atoms with van der Waals surface area (Å²) in [5.41, 5.74) is 1.02. The van der Waals surface area contributed by atoms with Crippen molar-refractivity contribution in [2.75, 3.05) is 5.88 Å². The molecule has 1 aromatic heterocycles. The van der Waals surface area contributed by atoms with Gasteiger partial charge in [-0.25, -0.2) is 0 Å². The Morgan fingerprint density at radius 1 is 1.06 bits per heavy atom. The van der Waals surface area contributed by atoms with Crippen LogP contribution in [-0.4, -0.2) is 10.9 Å². The molecule has 0 bridgehead atoms. The Bertz CT molecular complexity index is 964. The van der Waals surface area contributed by atoms with Crippen molar-refractivity contribution in [3.8, 4) is 0 Å². The fourth-order valence-corrected chi connectivity index (χ4v) is 1.96. The molecular weight excluding hydrogens is 218 g/mol. The van der Waals surface area contributed by atoms with E-state index in [1.165, 1.54) is 0 Å². The monoisotopic (exact) mass is 236 g/mol. The molecule has 1 nitrogen and oxygen atoms in total. The summed E-state index contributed by atoms with van der Waals surface area (Å²) in [7, 11) is 0. The summed E-state index contributed by atoms with van der Waals surface area (Å²) >= 11 is 5.77. The van der Waals surface area contributed by atoms with Crippen LogP contribution in [0.5, 0.6) is 0 Å². The number of aryl methyl sites for hydroxylation is 1. The minimum absolute atomic E-state index is 0.107. The molecule has 0 atom stereocenters. The van der Waals surface area contributed by atoms with Crippen molar-refractivity contribution in [3.05, 3.63) is 47.9 Å². The predicted molar refractivity (Wildman–Crippen MR) is 70.2 cm³/mol. The van der Waals surface area contributed by atoms with Crippen LogP contribution in [0.1, 0.15) is 15.2 Å². The van der Waals surface area contributed by atoms with Gasteiger partial charge in [0.15, 0.2) is 0 Å². The number of hydrogen-bond donors (Lipinski definition) is 1. The molecule has 2 aromatic carbocycles. The normalized spacial score (nSPS) is 17.4. The maximum atomic E-state index is 8.13. The van der Waals surface area contributed by atoms with Gasteiger partial charge in [-0.3, -0.25) is 0 Å². The number of H-pyrrole nitrogens is 1. The second-order valence-corrected chi connectivity index (χ2v) is 3.80. The molecule has 0 unspecified atom stereocenters. The Morgan fingerprint density at radius 2 is 1.88 bits per heavy atom. The van der Waals surface area contributed by atoms with E-state index in [4.69, 9.17) is 21.2 Å². The van der Waals surface area contributed by atoms with Gasteiger partial charge in [0.25, 0.3) is 0 Å². The van der Waals surface area contributed by atoms with Crippen LogP contribution in [0.15, 0.2) is 42.3 Å². The summed E-state index contributed by atoms with van der Waals surface area (Å²) in [4.78, 5) is 2.92. The smallest absolute Gasteiger partial charge is 0.0645 e. The molecule has 0 aliphatic heterocycles. The standard InChI is InChI=1S/C14H12ClN/c15-9-8-10-4-3-6-12-11-5-1-2-7-13(11)16-14(10)12/h1-7,16H,8-9H2/i1D,2D,3D,4D,5D,6D,7D. The first kappa shape index (κ1) is 4.80. The number of halogens is 1. The molecule has 0 saturated carbocycles. The first-order valence-corrected chi connectivity index (χ1v) is 5.41. The lowest BCUT2D eigenvalue weighted by Gasteiger charge is -1.99. The molecule has 0 amide bonds. The van der Waals surface area contributed by atoms with E-state index in [0.29, 0.717) is 17.5 Å². The molecule has 3 aromatic rings. The fourth-order valence-electron chi connectivity index (χ4n) is 1.77. The van der Waals surface area contributed by atoms with Gasteiger partial charge >= 0.3 is 0 Å². The van der Waals surface area contributed by atoms with Gasteiger partial charge in [-0.2, -0.15) is 0 Å². The fraction of sp³-hybridized carbons (Fsp3) is 0.143. The van der Waals surface area contributed by atoms with Gasteiger partial charge in [-0.1, -0.05) is 36.3 Å². The minimum atomic E-state index is -0.386. The highest BCUT2D eigenvalue weighted by Gasteiger charge is 2.06. The van der Waals surface area contributed by atoms with E-state index in [1.807, 2.05) is 0 Å². The van der Waals surface area contributed by atoms with Crippen molar-refractivity contribution in [2.24, 2.45) is 0 Å². The number of aromatic amines is 1. The largest absolute Gasteiger partial charge is 0.354 e. The van der Waals surface area contributed by atoms with E-state index in [9.17, 15) is 0 Å². The minimum Gasteiger partial charge on any atom is -0.354 e. The third-order valence-electron chi connectivity index (χ3n) is 2.48. The van der Waals surface area contributed by atoms with Crippen molar-refractivity contribution < 1.29 is 9.60 Å². The lowest BCUT2D eigenvalue weighted by molar-refractivity contribution is 1.16. The highest BCUT2D eigenvalue weighted by atomic mass is 35.5. The van der Waals surface area contributed by atoms with E-state index in [0.717, 1.165) is 0 Å². The zero-order valence-electron chi connectivity index (χ0n) is 15.3. The summed E-state index contributed by atoms with van der Waals surface area (Å²) in [5.74, 6) is 0.224. The number of nitrogens with one attached hydrogen (secondary N) is 1. The highest BCUT2D eigenvalue weighted by Crippen LogP contribution is 2.27. The van der Waals surface area contributed by atoms with E-state index in [-0.39, 0.29) is 64.5 Å². The molecule has 0 fully saturated rings. The number of para-hydroxylation sites is 2. The average Bonchev–Trinajstić information content (AvgIpc) is 2.93. The third kappa shape index (κ3) is 1.40. The molecule has 0 aliphatic carbocycles. The Hall–Kier alpha value is -1.47. The van der Waals surface area contributed by atoms with Crippen LogP contribution in [-0.2, 0) is 6.42 Å². The molecule has 1 N–H and O–H groups in total. The summed E-state index contributed by atoms with van der Waals surface area (Å²) in [6, 6.07) is -1.84. The van der Waals surface area contributed by atoms with Gasteiger partial charge in [0.1, 0.15) is 0 Å². The maximum absolute atomic E-state index is 8.13. The average molecular weight is 237 g/mol. The van der Waals surface area contributed by atoms with Crippen molar-refractivity contribution in [1.29, 1.82) is 0 Å². The van der Waals surface area contributed by atoms with Crippen LogP contribution in [0.4, 0.5) is 0 Å². The van der Waals surface area contributed by atoms with Crippen molar-refractivity contribution >= 4 is 33.4 Å². The summed E-state index contributed by atoms with van der Waals surface area (Å²) in [6.45, 7) is 0. The topological polar surface area (TPSA) is 15.8 Å². The van der Waals surface area contributed by atoms with Gasteiger partial charge in [-0.15, -0.1) is 11.6 Å². The lowest BCUT2D eigenvalue weighted by Crippen LogP contribution is -1.87. The van der Waals surface area contributed by atoms with Crippen LogP contribution in [0.25, 0.3) is 21.8 Å². The van der Waals surface area contributed by atoms with E-state index < -0.39 is 0 Å². The molecule has 80 valence electrons. The summed E-state index contributed by atoms with van der Waals surface area (Å²) in [6.07, 6.45) is 0.304. The van der Waals surface area contributed by atoms with Gasteiger partial charge in [0.2, 0.25) is 0 Å². The van der Waals surface area contributed by atoms with Gasteiger partial charge < -0.3 is 4.98 Å². The number of alkyl halides is 1. The van der Waals surface area contributed by atoms with Gasteiger partial charge in [0.05, 0.1) is 9.60 Å². The Balaban J connectivity index is 2.65. The van der Waals surface area contributed by atoms with Crippen molar-refractivity contribution in [1.82, 2.24) is 4.98 Å². The first-order chi connectivity index (χ1) is 10.8. The lowest BCUT2D eigenvalue weighted by atomic mass is 10.1. The Kier molecular flexibility index (Phi) is 1.15. The van der Waals surface area contributed by atoms with Crippen molar-refractivity contribution in [3.63, 3.8) is 0 Å². The van der Waals surface area contributed by atoms with E-state index >= 15 is 0 Å². The number of fused-ring (bicyclic) bond motifs is 3. The van der Waals surface area contributed by atoms with E-state index in [1.54, 1.807) is 0 Å². The first-order valence-electron chi connectivity index (χ1n) is 8.37. The molecular formula is C14H12ClN. The number of rotatable bonds is 2. The maximum Gasteiger partial charge on any atom is 0.0645 e. The SMILES string of the molecule is [2H]c1c([2H])c([2H])c2c([nH]c3c(CCCl)c([2H])c([2H])c([2H])c32)c1[2H]. The predicted octanol–water partition coefficient (Wildman–Crippen LogP) is 4.10. The number of hydrogen-bond acceptors (Lipinski definition) is 0. The molecule has 3 rings (SSSR count). The van der Waals surface area contributed by atoms with Crippen LogP contribution in [0.2, 0.25) is 0 Å². The molecule has 0 radical (unpaired) electrons. The molecule has 0 spiro atoms. The zero-order valence-corrected chi connectivity index (χ0v) is 9.05.